The zero-order chi connectivity index (χ0) is 57.3. The average Bonchev–Trinajstić information content (AvgIpc) is 3.51. The van der Waals surface area contributed by atoms with Crippen LogP contribution in [0.1, 0.15) is 0 Å². The number of ether oxygens (including phenoxy) is 13. The highest BCUT2D eigenvalue weighted by atomic mass is 16.8. The Balaban J connectivity index is 1.03. The van der Waals surface area contributed by atoms with E-state index in [0.717, 1.165) is 0 Å². The van der Waals surface area contributed by atoms with Crippen LogP contribution >= 0.6 is 0 Å². The lowest BCUT2D eigenvalue weighted by atomic mass is 9.96. The molecule has 0 bridgehead atoms. The summed E-state index contributed by atoms with van der Waals surface area (Å²) < 4.78 is 71.9. The molecule has 35 atom stereocenters. The maximum atomic E-state index is 11.6. The van der Waals surface area contributed by atoms with Gasteiger partial charge in [-0.3, -0.25) is 0 Å². The summed E-state index contributed by atoms with van der Waals surface area (Å²) in [6, 6.07) is 0. The highest BCUT2D eigenvalue weighted by Gasteiger charge is 2.55. The van der Waals surface area contributed by atoms with Crippen LogP contribution in [0.3, 0.4) is 0 Å². The fourth-order valence-corrected chi connectivity index (χ4v) is 9.57. The van der Waals surface area contributed by atoms with E-state index in [1.54, 1.807) is 0 Å². The van der Waals surface area contributed by atoms with Gasteiger partial charge in [0.2, 0.25) is 0 Å². The van der Waals surface area contributed by atoms with Gasteiger partial charge in [-0.25, -0.2) is 0 Å². The number of hydrogen-bond acceptors (Lipinski definition) is 36. The quantitative estimate of drug-likeness (QED) is 0.0571. The highest BCUT2D eigenvalue weighted by molar-refractivity contribution is 4.98. The maximum Gasteiger partial charge on any atom is 0.187 e. The van der Waals surface area contributed by atoms with Gasteiger partial charge in [0.1, 0.15) is 171 Å². The summed E-state index contributed by atoms with van der Waals surface area (Å²) in [4.78, 5) is 0. The van der Waals surface area contributed by atoms with Crippen molar-refractivity contribution in [3.63, 3.8) is 0 Å². The number of rotatable bonds is 19. The summed E-state index contributed by atoms with van der Waals surface area (Å²) in [6.45, 7) is -6.20. The van der Waals surface area contributed by atoms with E-state index in [1.807, 2.05) is 0 Å². The molecule has 7 heterocycles. The molecule has 0 spiro atoms. The van der Waals surface area contributed by atoms with Gasteiger partial charge < -0.3 is 179 Å². The Hall–Kier alpha value is -1.44. The molecule has 23 N–H and O–H groups in total. The third kappa shape index (κ3) is 13.5. The molecule has 0 saturated carbocycles. The zero-order valence-electron chi connectivity index (χ0n) is 40.8. The minimum atomic E-state index is -2.17. The van der Waals surface area contributed by atoms with Crippen LogP contribution in [-0.4, -0.2) is 379 Å². The van der Waals surface area contributed by atoms with Gasteiger partial charge >= 0.3 is 0 Å². The van der Waals surface area contributed by atoms with Gasteiger partial charge in [0, 0.05) is 0 Å². The third-order valence-electron chi connectivity index (χ3n) is 14.5. The maximum absolute atomic E-state index is 11.6. The molecule has 7 rings (SSSR count). The minimum absolute atomic E-state index is 0.759. The van der Waals surface area contributed by atoms with Crippen LogP contribution in [0.15, 0.2) is 0 Å². The van der Waals surface area contributed by atoms with Crippen molar-refractivity contribution in [2.24, 2.45) is 0 Å². The average molecular weight is 1150 g/mol. The fourth-order valence-electron chi connectivity index (χ4n) is 9.57. The monoisotopic (exact) mass is 1150 g/mol. The van der Waals surface area contributed by atoms with Crippen LogP contribution in [0.2, 0.25) is 0 Å². The normalized spacial score (nSPS) is 53.5. The predicted octanol–water partition coefficient (Wildman–Crippen LogP) is -16.3. The Bertz CT molecular complexity index is 1820. The highest BCUT2D eigenvalue weighted by Crippen LogP contribution is 2.34. The SMILES string of the molecule is OC[C@H]1O[C@@H](O[C@@H]2[C@@H](O)[C@H](OC[C@H]3O[C@@H](OC[C@H]4O[C@@H](OC[C@H]5O[C@@H](OC[C@H]6OC(O)[C@H](O)[C@@H](O)[C@@H]6O)[C@H](O)[C@@H](O)[C@@H]5O)[C@H](O)[C@@H](O[C@@H]5O[C@H](CO)[C@@H](O)[C@H](O)[C@H]5O)[C@@H]4O)[C@H](O)[C@@H](O)[C@@H]3O)O[C@H](CO)[C@H]2O)[C@H](O)[C@@H](O)[C@@H]1O. The van der Waals surface area contributed by atoms with Crippen molar-refractivity contribution in [1.29, 1.82) is 0 Å². The minimum Gasteiger partial charge on any atom is -0.394 e. The van der Waals surface area contributed by atoms with Gasteiger partial charge in [-0.15, -0.1) is 0 Å². The van der Waals surface area contributed by atoms with Crippen molar-refractivity contribution in [3.05, 3.63) is 0 Å². The lowest BCUT2D eigenvalue weighted by Crippen LogP contribution is -2.66. The topological polar surface area (TPSA) is 585 Å². The molecule has 7 aliphatic rings. The van der Waals surface area contributed by atoms with E-state index in [9.17, 15) is 117 Å². The molecule has 1 unspecified atom stereocenters. The van der Waals surface area contributed by atoms with Crippen molar-refractivity contribution in [3.8, 4) is 0 Å². The fraction of sp³-hybridized carbons (Fsp3) is 1.00. The molecule has 36 heteroatoms. The lowest BCUT2D eigenvalue weighted by molar-refractivity contribution is -0.374. The van der Waals surface area contributed by atoms with E-state index < -0.39 is 261 Å². The number of hydrogen-bond donors (Lipinski definition) is 23. The van der Waals surface area contributed by atoms with Gasteiger partial charge in [-0.1, -0.05) is 0 Å². The van der Waals surface area contributed by atoms with E-state index in [-0.39, 0.29) is 0 Å². The van der Waals surface area contributed by atoms with Crippen molar-refractivity contribution in [2.45, 2.75) is 215 Å². The van der Waals surface area contributed by atoms with Crippen LogP contribution in [0, 0.1) is 0 Å². The van der Waals surface area contributed by atoms with E-state index in [4.69, 9.17) is 61.6 Å². The first-order valence-corrected chi connectivity index (χ1v) is 24.6. The van der Waals surface area contributed by atoms with Crippen molar-refractivity contribution in [2.75, 3.05) is 46.2 Å². The van der Waals surface area contributed by atoms with Crippen LogP contribution in [0.5, 0.6) is 0 Å². The van der Waals surface area contributed by atoms with Gasteiger partial charge in [-0.2, -0.15) is 0 Å². The summed E-state index contributed by atoms with van der Waals surface area (Å²) in [5.41, 5.74) is 0. The van der Waals surface area contributed by atoms with Gasteiger partial charge in [-0.05, 0) is 0 Å². The largest absolute Gasteiger partial charge is 0.394 e. The molecule has 0 aromatic heterocycles. The second-order valence-electron chi connectivity index (χ2n) is 19.7. The smallest absolute Gasteiger partial charge is 0.187 e. The summed E-state index contributed by atoms with van der Waals surface area (Å²) in [7, 11) is 0. The second kappa shape index (κ2) is 27.5. The van der Waals surface area contributed by atoms with Crippen LogP contribution in [0.4, 0.5) is 0 Å². The number of aliphatic hydroxyl groups excluding tert-OH is 23. The van der Waals surface area contributed by atoms with E-state index >= 15 is 0 Å². The van der Waals surface area contributed by atoms with E-state index in [2.05, 4.69) is 0 Å². The molecule has 7 saturated heterocycles. The first-order chi connectivity index (χ1) is 36.8. The standard InChI is InChI=1S/C42H72O36/c43-1-8-15(46)23(54)30(61)41(72-8)77-34-20(51)10(3-45)71-39(32(34)63)68-5-12-18(49)26(57)29(60)38(75-12)67-7-14-21(52)35(78-42-31(62)24(55)16(47)9(2-44)73-42)33(64)40(76-14)69-6-13-19(50)25(56)28(59)37(74-13)66-4-11-17(48)22(53)27(58)36(65)70-11/h8-65H,1-7H2/t8-,9-,10-,11-,12-,13-,14-,15-,16-,17-,18-,19-,20-,21-,22+,23+,24+,25+,26+,27-,28-,29-,30-,31-,32-,33-,34+,35+,36?,37-,38-,39-,40-,41+,42+/m1/s1. The molecule has 7 aliphatic heterocycles. The first kappa shape index (κ1) is 64.1. The predicted molar refractivity (Wildman–Crippen MR) is 232 cm³/mol. The molecular formula is C42H72O36. The van der Waals surface area contributed by atoms with Gasteiger partial charge in [0.15, 0.2) is 44.0 Å². The summed E-state index contributed by atoms with van der Waals surface area (Å²) in [5.74, 6) is 0. The summed E-state index contributed by atoms with van der Waals surface area (Å²) in [6.07, 6.45) is -66.9. The molecule has 0 amide bonds. The third-order valence-corrected chi connectivity index (χ3v) is 14.5. The van der Waals surface area contributed by atoms with Crippen molar-refractivity contribution in [1.82, 2.24) is 0 Å². The molecule has 78 heavy (non-hydrogen) atoms. The van der Waals surface area contributed by atoms with Crippen molar-refractivity contribution >= 4 is 0 Å². The molecule has 7 fully saturated rings. The molecule has 456 valence electrons. The molecular weight excluding hydrogens is 1080 g/mol. The van der Waals surface area contributed by atoms with Gasteiger partial charge in [0.25, 0.3) is 0 Å². The van der Waals surface area contributed by atoms with Crippen molar-refractivity contribution < 1.29 is 179 Å². The van der Waals surface area contributed by atoms with Crippen LogP contribution in [-0.2, 0) is 61.6 Å². The first-order valence-electron chi connectivity index (χ1n) is 24.6. The molecule has 0 aromatic carbocycles. The van der Waals surface area contributed by atoms with E-state index in [1.165, 1.54) is 0 Å². The zero-order valence-corrected chi connectivity index (χ0v) is 40.8. The Kier molecular flexibility index (Phi) is 22.6. The Morgan fingerprint density at radius 1 is 0.218 bits per heavy atom. The number of aliphatic hydroxyl groups is 23. The second-order valence-corrected chi connectivity index (χ2v) is 19.7. The molecule has 0 radical (unpaired) electrons. The molecule has 0 aliphatic carbocycles. The lowest BCUT2D eigenvalue weighted by Gasteiger charge is -2.47. The molecule has 36 nitrogen and oxygen atoms in total. The Labute approximate surface area is 439 Å². The van der Waals surface area contributed by atoms with Crippen LogP contribution < -0.4 is 0 Å². The van der Waals surface area contributed by atoms with Gasteiger partial charge in [0.05, 0.1) is 46.2 Å². The Morgan fingerprint density at radius 3 is 0.795 bits per heavy atom. The summed E-state index contributed by atoms with van der Waals surface area (Å²) in [5, 5.41) is 242. The van der Waals surface area contributed by atoms with E-state index in [0.29, 0.717) is 0 Å². The van der Waals surface area contributed by atoms with Crippen LogP contribution in [0.25, 0.3) is 0 Å². The molecule has 0 aromatic rings. The Morgan fingerprint density at radius 2 is 0.449 bits per heavy atom. The summed E-state index contributed by atoms with van der Waals surface area (Å²) >= 11 is 0.